The highest BCUT2D eigenvalue weighted by Gasteiger charge is 2.26. The van der Waals surface area contributed by atoms with Crippen molar-refractivity contribution in [1.82, 2.24) is 5.32 Å². The molecule has 0 aromatic rings. The Bertz CT molecular complexity index is 685. The highest BCUT2D eigenvalue weighted by molar-refractivity contribution is 7.85. The van der Waals surface area contributed by atoms with Crippen LogP contribution in [0, 0.1) is 0 Å². The van der Waals surface area contributed by atoms with Gasteiger partial charge < -0.3 is 10.4 Å². The maximum Gasteiger partial charge on any atom is 0.266 e. The lowest BCUT2D eigenvalue weighted by atomic mass is 10.0. The molecule has 2 unspecified atom stereocenters. The first kappa shape index (κ1) is 41.3. The SMILES string of the molecule is CCCCCCCCCCCCCCCCCCC(O)C(CS(=O)(=O)O)NC(=O)CCCCCCCCCCCCC. The van der Waals surface area contributed by atoms with Crippen molar-refractivity contribution < 1.29 is 22.9 Å². The Morgan fingerprint density at radius 1 is 0.548 bits per heavy atom. The predicted molar refractivity (Wildman–Crippen MR) is 180 cm³/mol. The number of carbonyl (C=O) groups excluding carboxylic acids is 1. The first-order valence-electron chi connectivity index (χ1n) is 18.2. The van der Waals surface area contributed by atoms with E-state index in [-0.39, 0.29) is 5.91 Å². The molecule has 0 aliphatic heterocycles. The second kappa shape index (κ2) is 30.4. The number of aliphatic hydroxyl groups is 1. The molecule has 1 amide bonds. The summed E-state index contributed by atoms with van der Waals surface area (Å²) >= 11 is 0. The summed E-state index contributed by atoms with van der Waals surface area (Å²) in [4.78, 5) is 12.4. The monoisotopic (exact) mass is 618 g/mol. The zero-order chi connectivity index (χ0) is 31.2. The number of carbonyl (C=O) groups is 1. The van der Waals surface area contributed by atoms with E-state index in [0.717, 1.165) is 38.5 Å². The Morgan fingerprint density at radius 2 is 0.857 bits per heavy atom. The Balaban J connectivity index is 3.88. The number of hydrogen-bond acceptors (Lipinski definition) is 4. The van der Waals surface area contributed by atoms with E-state index in [1.54, 1.807) is 0 Å². The van der Waals surface area contributed by atoms with E-state index < -0.39 is 28.0 Å². The van der Waals surface area contributed by atoms with Crippen LogP contribution in [0.1, 0.15) is 200 Å². The Hall–Kier alpha value is -0.660. The molecule has 0 aromatic carbocycles. The van der Waals surface area contributed by atoms with Crippen LogP contribution in [-0.2, 0) is 14.9 Å². The normalized spacial score (nSPS) is 13.3. The molecule has 0 saturated heterocycles. The van der Waals surface area contributed by atoms with Gasteiger partial charge in [-0.25, -0.2) is 0 Å². The number of aliphatic hydroxyl groups excluding tert-OH is 1. The fourth-order valence-corrected chi connectivity index (χ4v) is 6.57. The standard InChI is InChI=1S/C35H71NO5S/c1-3-5-7-9-11-13-15-16-17-18-19-21-22-24-26-28-30-34(37)33(32-42(39,40)41)36-35(38)31-29-27-25-23-20-14-12-10-8-6-4-2/h33-34,37H,3-32H2,1-2H3,(H,36,38)(H,39,40,41). The van der Waals surface area contributed by atoms with Gasteiger partial charge in [0.05, 0.1) is 17.9 Å². The largest absolute Gasteiger partial charge is 0.391 e. The van der Waals surface area contributed by atoms with Crippen molar-refractivity contribution in [3.63, 3.8) is 0 Å². The van der Waals surface area contributed by atoms with Gasteiger partial charge in [-0.05, 0) is 12.8 Å². The van der Waals surface area contributed by atoms with Gasteiger partial charge in [0.15, 0.2) is 0 Å². The van der Waals surface area contributed by atoms with Crippen molar-refractivity contribution >= 4 is 16.0 Å². The highest BCUT2D eigenvalue weighted by Crippen LogP contribution is 2.16. The summed E-state index contributed by atoms with van der Waals surface area (Å²) in [5, 5.41) is 13.3. The average Bonchev–Trinajstić information content (AvgIpc) is 2.94. The molecule has 0 aliphatic carbocycles. The number of rotatable bonds is 33. The average molecular weight is 618 g/mol. The lowest BCUT2D eigenvalue weighted by Gasteiger charge is -2.23. The predicted octanol–water partition coefficient (Wildman–Crippen LogP) is 10.1. The summed E-state index contributed by atoms with van der Waals surface area (Å²) in [6.45, 7) is 4.50. The first-order valence-corrected chi connectivity index (χ1v) is 19.8. The third-order valence-corrected chi connectivity index (χ3v) is 9.34. The van der Waals surface area contributed by atoms with Crippen molar-refractivity contribution in [2.24, 2.45) is 0 Å². The molecule has 0 rings (SSSR count). The third-order valence-electron chi connectivity index (χ3n) is 8.56. The van der Waals surface area contributed by atoms with Crippen LogP contribution in [-0.4, -0.2) is 41.9 Å². The number of amides is 1. The molecule has 0 heterocycles. The molecular formula is C35H71NO5S. The zero-order valence-corrected chi connectivity index (χ0v) is 28.7. The minimum Gasteiger partial charge on any atom is -0.391 e. The molecule has 0 saturated carbocycles. The maximum absolute atomic E-state index is 12.4. The third kappa shape index (κ3) is 30.8. The van der Waals surface area contributed by atoms with E-state index in [2.05, 4.69) is 19.2 Å². The number of hydrogen-bond donors (Lipinski definition) is 3. The van der Waals surface area contributed by atoms with Crippen LogP contribution in [0.5, 0.6) is 0 Å². The topological polar surface area (TPSA) is 104 Å². The quantitative estimate of drug-likeness (QED) is 0.0502. The van der Waals surface area contributed by atoms with E-state index in [1.807, 2.05) is 0 Å². The molecule has 0 aromatic heterocycles. The highest BCUT2D eigenvalue weighted by atomic mass is 32.2. The van der Waals surface area contributed by atoms with Crippen molar-refractivity contribution in [1.29, 1.82) is 0 Å². The van der Waals surface area contributed by atoms with E-state index >= 15 is 0 Å². The molecule has 3 N–H and O–H groups in total. The van der Waals surface area contributed by atoms with Crippen molar-refractivity contribution in [2.75, 3.05) is 5.75 Å². The molecule has 0 fully saturated rings. The van der Waals surface area contributed by atoms with Crippen LogP contribution in [0.2, 0.25) is 0 Å². The minimum absolute atomic E-state index is 0.245. The summed E-state index contributed by atoms with van der Waals surface area (Å²) in [5.74, 6) is -0.887. The van der Waals surface area contributed by atoms with Crippen LogP contribution in [0.25, 0.3) is 0 Å². The molecule has 0 aliphatic rings. The molecule has 6 nitrogen and oxygen atoms in total. The molecule has 7 heteroatoms. The molecule has 42 heavy (non-hydrogen) atoms. The lowest BCUT2D eigenvalue weighted by molar-refractivity contribution is -0.122. The van der Waals surface area contributed by atoms with Crippen LogP contribution < -0.4 is 5.32 Å². The fourth-order valence-electron chi connectivity index (χ4n) is 5.81. The summed E-state index contributed by atoms with van der Waals surface area (Å²) in [5.41, 5.74) is 0. The molecule has 2 atom stereocenters. The van der Waals surface area contributed by atoms with E-state index in [4.69, 9.17) is 0 Å². The van der Waals surface area contributed by atoms with Gasteiger partial charge in [-0.1, -0.05) is 181 Å². The van der Waals surface area contributed by atoms with Crippen LogP contribution >= 0.6 is 0 Å². The first-order chi connectivity index (χ1) is 20.3. The Labute approximate surface area is 261 Å². The van der Waals surface area contributed by atoms with E-state index in [9.17, 15) is 22.9 Å². The summed E-state index contributed by atoms with van der Waals surface area (Å²) < 4.78 is 32.4. The smallest absolute Gasteiger partial charge is 0.266 e. The van der Waals surface area contributed by atoms with Gasteiger partial charge in [0.1, 0.15) is 0 Å². The van der Waals surface area contributed by atoms with Crippen LogP contribution in [0.3, 0.4) is 0 Å². The van der Waals surface area contributed by atoms with Crippen molar-refractivity contribution in [3.05, 3.63) is 0 Å². The molecule has 0 bridgehead atoms. The van der Waals surface area contributed by atoms with Gasteiger partial charge in [0.25, 0.3) is 10.1 Å². The van der Waals surface area contributed by atoms with Crippen molar-refractivity contribution in [2.45, 2.75) is 212 Å². The minimum atomic E-state index is -4.30. The summed E-state index contributed by atoms with van der Waals surface area (Å²) in [6, 6.07) is -0.962. The van der Waals surface area contributed by atoms with Gasteiger partial charge >= 0.3 is 0 Å². The summed E-state index contributed by atoms with van der Waals surface area (Å²) in [7, 11) is -4.30. The second-order valence-corrected chi connectivity index (χ2v) is 14.4. The maximum atomic E-state index is 12.4. The van der Waals surface area contributed by atoms with Gasteiger partial charge in [0, 0.05) is 6.42 Å². The lowest BCUT2D eigenvalue weighted by Crippen LogP contribution is -2.47. The van der Waals surface area contributed by atoms with Gasteiger partial charge in [-0.2, -0.15) is 8.42 Å². The fraction of sp³-hybridized carbons (Fsp3) is 0.971. The summed E-state index contributed by atoms with van der Waals surface area (Å²) in [6.07, 6.45) is 33.3. The Morgan fingerprint density at radius 3 is 1.19 bits per heavy atom. The Kier molecular flexibility index (Phi) is 29.9. The second-order valence-electron chi connectivity index (χ2n) is 12.9. The van der Waals surface area contributed by atoms with Crippen LogP contribution in [0.4, 0.5) is 0 Å². The number of nitrogens with one attached hydrogen (secondary N) is 1. The van der Waals surface area contributed by atoms with Crippen LogP contribution in [0.15, 0.2) is 0 Å². The van der Waals surface area contributed by atoms with E-state index in [1.165, 1.54) is 135 Å². The molecule has 0 radical (unpaired) electrons. The molecular weight excluding hydrogens is 546 g/mol. The number of unbranched alkanes of at least 4 members (excludes halogenated alkanes) is 25. The van der Waals surface area contributed by atoms with Gasteiger partial charge in [-0.15, -0.1) is 0 Å². The zero-order valence-electron chi connectivity index (χ0n) is 27.9. The van der Waals surface area contributed by atoms with Gasteiger partial charge in [0.2, 0.25) is 5.91 Å². The van der Waals surface area contributed by atoms with E-state index in [0.29, 0.717) is 12.8 Å². The van der Waals surface area contributed by atoms with Crippen molar-refractivity contribution in [3.8, 4) is 0 Å². The van der Waals surface area contributed by atoms with Gasteiger partial charge in [-0.3, -0.25) is 9.35 Å². The molecule has 252 valence electrons. The molecule has 0 spiro atoms.